The van der Waals surface area contributed by atoms with Crippen molar-refractivity contribution in [2.24, 2.45) is 0 Å². The lowest BCUT2D eigenvalue weighted by Gasteiger charge is -2.19. The van der Waals surface area contributed by atoms with Gasteiger partial charge in [-0.25, -0.2) is 0 Å². The summed E-state index contributed by atoms with van der Waals surface area (Å²) in [4.78, 5) is 14.2. The van der Waals surface area contributed by atoms with Crippen LogP contribution in [0.15, 0.2) is 42.5 Å². The molecule has 0 fully saturated rings. The Hall–Kier alpha value is -2.00. The van der Waals surface area contributed by atoms with E-state index in [1.165, 1.54) is 0 Å². The van der Waals surface area contributed by atoms with Gasteiger partial charge in [0.1, 0.15) is 0 Å². The molecule has 104 valence electrons. The van der Waals surface area contributed by atoms with Crippen LogP contribution in [-0.2, 0) is 0 Å². The molecule has 20 heavy (non-hydrogen) atoms. The van der Waals surface area contributed by atoms with Crippen molar-refractivity contribution in [3.05, 3.63) is 58.6 Å². The Morgan fingerprint density at radius 2 is 1.85 bits per heavy atom. The highest BCUT2D eigenvalue weighted by Crippen LogP contribution is 2.32. The number of rotatable bonds is 3. The van der Waals surface area contributed by atoms with Gasteiger partial charge >= 0.3 is 0 Å². The molecule has 4 heteroatoms. The number of hydrogen-bond donors (Lipinski definition) is 1. The van der Waals surface area contributed by atoms with Crippen LogP contribution < -0.4 is 10.2 Å². The van der Waals surface area contributed by atoms with Crippen LogP contribution in [0.1, 0.15) is 15.9 Å². The third kappa shape index (κ3) is 3.11. The molecule has 1 N–H and O–H groups in total. The molecule has 0 spiro atoms. The highest BCUT2D eigenvalue weighted by Gasteiger charge is 2.12. The van der Waals surface area contributed by atoms with Crippen LogP contribution in [0.25, 0.3) is 0 Å². The first-order valence-electron chi connectivity index (χ1n) is 6.33. The van der Waals surface area contributed by atoms with E-state index < -0.39 is 0 Å². The lowest BCUT2D eigenvalue weighted by Crippen LogP contribution is -2.17. The Balaban J connectivity index is 2.31. The zero-order valence-corrected chi connectivity index (χ0v) is 12.5. The van der Waals surface area contributed by atoms with E-state index in [1.54, 1.807) is 12.1 Å². The van der Waals surface area contributed by atoms with Gasteiger partial charge in [0.15, 0.2) is 0 Å². The number of halogens is 1. The molecule has 3 nitrogen and oxygen atoms in total. The summed E-state index contributed by atoms with van der Waals surface area (Å²) in [5, 5.41) is 3.52. The van der Waals surface area contributed by atoms with Crippen molar-refractivity contribution in [1.82, 2.24) is 0 Å². The molecule has 0 radical (unpaired) electrons. The minimum atomic E-state index is -0.140. The van der Waals surface area contributed by atoms with E-state index >= 15 is 0 Å². The lowest BCUT2D eigenvalue weighted by molar-refractivity contribution is 0.102. The zero-order chi connectivity index (χ0) is 14.7. The summed E-state index contributed by atoms with van der Waals surface area (Å²) in [7, 11) is 3.78. The van der Waals surface area contributed by atoms with Crippen LogP contribution in [0.2, 0.25) is 5.02 Å². The fourth-order valence-corrected chi connectivity index (χ4v) is 2.40. The Morgan fingerprint density at radius 3 is 2.50 bits per heavy atom. The number of amides is 1. The van der Waals surface area contributed by atoms with Gasteiger partial charge in [0.05, 0.1) is 16.4 Å². The fraction of sp³-hybridized carbons (Fsp3) is 0.188. The first-order valence-corrected chi connectivity index (χ1v) is 6.70. The third-order valence-corrected chi connectivity index (χ3v) is 3.27. The summed E-state index contributed by atoms with van der Waals surface area (Å²) in [5.41, 5.74) is 3.19. The summed E-state index contributed by atoms with van der Waals surface area (Å²) >= 11 is 6.19. The number of benzene rings is 2. The Labute approximate surface area is 124 Å². The molecule has 0 aliphatic carbocycles. The number of nitrogens with one attached hydrogen (secondary N) is 1. The number of anilines is 2. The van der Waals surface area contributed by atoms with Gasteiger partial charge in [-0.2, -0.15) is 0 Å². The average Bonchev–Trinajstić information content (AvgIpc) is 2.38. The normalized spacial score (nSPS) is 10.2. The van der Waals surface area contributed by atoms with E-state index in [0.29, 0.717) is 16.3 Å². The second-order valence-electron chi connectivity index (χ2n) is 4.85. The first-order chi connectivity index (χ1) is 9.49. The fourth-order valence-electron chi connectivity index (χ4n) is 2.05. The maximum atomic E-state index is 12.3. The second-order valence-corrected chi connectivity index (χ2v) is 5.26. The number of hydrogen-bond acceptors (Lipinski definition) is 2. The maximum Gasteiger partial charge on any atom is 0.255 e. The number of nitrogens with zero attached hydrogens (tertiary/aromatic N) is 1. The van der Waals surface area contributed by atoms with Gasteiger partial charge in [0.25, 0.3) is 5.91 Å². The molecular weight excluding hydrogens is 272 g/mol. The molecule has 1 amide bonds. The van der Waals surface area contributed by atoms with E-state index in [2.05, 4.69) is 5.32 Å². The zero-order valence-electron chi connectivity index (χ0n) is 11.8. The molecule has 0 aliphatic rings. The Kier molecular flexibility index (Phi) is 4.30. The summed E-state index contributed by atoms with van der Waals surface area (Å²) in [6.45, 7) is 1.96. The molecule has 0 aromatic heterocycles. The van der Waals surface area contributed by atoms with E-state index in [0.717, 1.165) is 11.3 Å². The quantitative estimate of drug-likeness (QED) is 0.927. The Morgan fingerprint density at radius 1 is 1.15 bits per heavy atom. The van der Waals surface area contributed by atoms with Gasteiger partial charge in [-0.3, -0.25) is 4.79 Å². The molecule has 2 rings (SSSR count). The first kappa shape index (κ1) is 14.4. The van der Waals surface area contributed by atoms with Gasteiger partial charge in [-0.1, -0.05) is 35.4 Å². The molecule has 0 atom stereocenters. The third-order valence-electron chi connectivity index (χ3n) is 2.96. The highest BCUT2D eigenvalue weighted by atomic mass is 35.5. The maximum absolute atomic E-state index is 12.3. The van der Waals surface area contributed by atoms with Crippen LogP contribution >= 0.6 is 11.6 Å². The van der Waals surface area contributed by atoms with E-state index in [-0.39, 0.29) is 5.91 Å². The minimum absolute atomic E-state index is 0.140. The van der Waals surface area contributed by atoms with Gasteiger partial charge in [-0.05, 0) is 31.2 Å². The van der Waals surface area contributed by atoms with Crippen molar-refractivity contribution in [1.29, 1.82) is 0 Å². The SMILES string of the molecule is Cc1cccc(C(=O)Nc2cccc(Cl)c2N(C)C)c1. The van der Waals surface area contributed by atoms with Crippen LogP contribution in [0, 0.1) is 6.92 Å². The predicted octanol–water partition coefficient (Wildman–Crippen LogP) is 3.97. The Bertz CT molecular complexity index is 638. The molecule has 0 saturated carbocycles. The van der Waals surface area contributed by atoms with Gasteiger partial charge < -0.3 is 10.2 Å². The van der Waals surface area contributed by atoms with Crippen LogP contribution in [-0.4, -0.2) is 20.0 Å². The van der Waals surface area contributed by atoms with Crippen molar-refractivity contribution in [2.45, 2.75) is 6.92 Å². The van der Waals surface area contributed by atoms with Gasteiger partial charge in [-0.15, -0.1) is 0 Å². The van der Waals surface area contributed by atoms with Gasteiger partial charge in [0.2, 0.25) is 0 Å². The molecule has 0 bridgehead atoms. The monoisotopic (exact) mass is 288 g/mol. The smallest absolute Gasteiger partial charge is 0.255 e. The van der Waals surface area contributed by atoms with Crippen LogP contribution in [0.3, 0.4) is 0 Å². The predicted molar refractivity (Wildman–Crippen MR) is 84.9 cm³/mol. The van der Waals surface area contributed by atoms with E-state index in [1.807, 2.05) is 56.3 Å². The highest BCUT2D eigenvalue weighted by molar-refractivity contribution is 6.34. The summed E-state index contributed by atoms with van der Waals surface area (Å²) in [6, 6.07) is 12.9. The molecule has 2 aromatic carbocycles. The number of carbonyl (C=O) groups is 1. The standard InChI is InChI=1S/C16H17ClN2O/c1-11-6-4-7-12(10-11)16(20)18-14-9-5-8-13(17)15(14)19(2)3/h4-10H,1-3H3,(H,18,20). The molecule has 0 saturated heterocycles. The topological polar surface area (TPSA) is 32.3 Å². The van der Waals surface area contributed by atoms with Crippen LogP contribution in [0.5, 0.6) is 0 Å². The number of para-hydroxylation sites is 1. The lowest BCUT2D eigenvalue weighted by atomic mass is 10.1. The van der Waals surface area contributed by atoms with Crippen molar-refractivity contribution in [3.63, 3.8) is 0 Å². The molecule has 0 aliphatic heterocycles. The van der Waals surface area contributed by atoms with Crippen molar-refractivity contribution < 1.29 is 4.79 Å². The van der Waals surface area contributed by atoms with E-state index in [4.69, 9.17) is 11.6 Å². The van der Waals surface area contributed by atoms with Crippen molar-refractivity contribution in [3.8, 4) is 0 Å². The molecule has 0 unspecified atom stereocenters. The van der Waals surface area contributed by atoms with Crippen molar-refractivity contribution in [2.75, 3.05) is 24.3 Å². The number of aryl methyl sites for hydroxylation is 1. The minimum Gasteiger partial charge on any atom is -0.375 e. The van der Waals surface area contributed by atoms with Crippen molar-refractivity contribution >= 4 is 28.9 Å². The number of carbonyl (C=O) groups excluding carboxylic acids is 1. The summed E-state index contributed by atoms with van der Waals surface area (Å²) < 4.78 is 0. The largest absolute Gasteiger partial charge is 0.375 e. The average molecular weight is 289 g/mol. The summed E-state index contributed by atoms with van der Waals surface area (Å²) in [6.07, 6.45) is 0. The second kappa shape index (κ2) is 5.97. The van der Waals surface area contributed by atoms with Crippen LogP contribution in [0.4, 0.5) is 11.4 Å². The molecule has 2 aromatic rings. The molecular formula is C16H17ClN2O. The molecule has 0 heterocycles. The van der Waals surface area contributed by atoms with Gasteiger partial charge in [0, 0.05) is 19.7 Å². The van der Waals surface area contributed by atoms with E-state index in [9.17, 15) is 4.79 Å². The summed E-state index contributed by atoms with van der Waals surface area (Å²) in [5.74, 6) is -0.140.